The Balaban J connectivity index is 2.69. The predicted molar refractivity (Wildman–Crippen MR) is 68.9 cm³/mol. The van der Waals surface area contributed by atoms with Crippen molar-refractivity contribution in [3.05, 3.63) is 29.6 Å². The van der Waals surface area contributed by atoms with Crippen LogP contribution in [0.3, 0.4) is 0 Å². The second-order valence-corrected chi connectivity index (χ2v) is 4.01. The van der Waals surface area contributed by atoms with Crippen LogP contribution in [0.15, 0.2) is 18.2 Å². The molecule has 0 amide bonds. The van der Waals surface area contributed by atoms with Crippen LogP contribution in [0, 0.1) is 13.8 Å². The van der Waals surface area contributed by atoms with E-state index in [1.807, 2.05) is 32.9 Å². The first-order chi connectivity index (χ1) is 8.15. The van der Waals surface area contributed by atoms with Gasteiger partial charge in [-0.15, -0.1) is 0 Å². The highest BCUT2D eigenvalue weighted by atomic mass is 16.5. The van der Waals surface area contributed by atoms with Gasteiger partial charge in [-0.3, -0.25) is 4.98 Å². The number of hydrogen-bond acceptors (Lipinski definition) is 3. The molecule has 1 heterocycles. The van der Waals surface area contributed by atoms with Gasteiger partial charge in [0.05, 0.1) is 13.7 Å². The molecule has 0 bridgehead atoms. The number of benzene rings is 1. The van der Waals surface area contributed by atoms with E-state index in [1.54, 1.807) is 7.11 Å². The van der Waals surface area contributed by atoms with Gasteiger partial charge in [-0.2, -0.15) is 0 Å². The van der Waals surface area contributed by atoms with Crippen molar-refractivity contribution in [3.63, 3.8) is 0 Å². The van der Waals surface area contributed by atoms with Crippen LogP contribution < -0.4 is 9.47 Å². The Morgan fingerprint density at radius 2 is 1.88 bits per heavy atom. The Morgan fingerprint density at radius 1 is 1.12 bits per heavy atom. The maximum absolute atomic E-state index is 5.57. The van der Waals surface area contributed by atoms with Crippen LogP contribution >= 0.6 is 0 Å². The molecular formula is C14H17NO2. The minimum absolute atomic E-state index is 0.625. The van der Waals surface area contributed by atoms with Crippen LogP contribution in [0.25, 0.3) is 10.8 Å². The molecule has 0 unspecified atom stereocenters. The average molecular weight is 231 g/mol. The van der Waals surface area contributed by atoms with Crippen LogP contribution in [0.4, 0.5) is 0 Å². The third kappa shape index (κ3) is 2.18. The maximum Gasteiger partial charge on any atom is 0.161 e. The van der Waals surface area contributed by atoms with Crippen LogP contribution in [0.5, 0.6) is 11.5 Å². The molecule has 0 aliphatic carbocycles. The van der Waals surface area contributed by atoms with Crippen LogP contribution in [-0.4, -0.2) is 18.7 Å². The number of ether oxygens (including phenoxy) is 2. The van der Waals surface area contributed by atoms with Gasteiger partial charge in [0, 0.05) is 16.8 Å². The normalized spacial score (nSPS) is 10.6. The molecule has 0 atom stereocenters. The van der Waals surface area contributed by atoms with Crippen LogP contribution in [0.1, 0.15) is 18.3 Å². The number of nitrogens with zero attached hydrogens (tertiary/aromatic N) is 1. The summed E-state index contributed by atoms with van der Waals surface area (Å²) in [5.74, 6) is 1.54. The van der Waals surface area contributed by atoms with Gasteiger partial charge in [0.15, 0.2) is 11.5 Å². The monoisotopic (exact) mass is 231 g/mol. The summed E-state index contributed by atoms with van der Waals surface area (Å²) in [7, 11) is 1.66. The topological polar surface area (TPSA) is 31.4 Å². The van der Waals surface area contributed by atoms with Gasteiger partial charge in [0.2, 0.25) is 0 Å². The molecule has 0 aliphatic heterocycles. The van der Waals surface area contributed by atoms with Gasteiger partial charge in [0.1, 0.15) is 0 Å². The summed E-state index contributed by atoms with van der Waals surface area (Å²) in [5.41, 5.74) is 2.03. The zero-order valence-electron chi connectivity index (χ0n) is 10.7. The Labute approximate surface area is 101 Å². The van der Waals surface area contributed by atoms with Gasteiger partial charge in [-0.1, -0.05) is 0 Å². The van der Waals surface area contributed by atoms with Crippen molar-refractivity contribution in [2.45, 2.75) is 20.8 Å². The number of pyridine rings is 1. The summed E-state index contributed by atoms with van der Waals surface area (Å²) >= 11 is 0. The fourth-order valence-corrected chi connectivity index (χ4v) is 2.02. The third-order valence-electron chi connectivity index (χ3n) is 2.73. The molecule has 0 spiro atoms. The standard InChI is InChI=1S/C14H17NO2/c1-5-17-14-8-12-10(3)15-9(2)6-11(12)7-13(14)16-4/h6-8H,5H2,1-4H3. The molecule has 0 fully saturated rings. The quantitative estimate of drug-likeness (QED) is 0.812. The molecule has 0 saturated heterocycles. The third-order valence-corrected chi connectivity index (χ3v) is 2.73. The SMILES string of the molecule is CCOc1cc2c(C)nc(C)cc2cc1OC. The summed E-state index contributed by atoms with van der Waals surface area (Å²) in [4.78, 5) is 4.46. The highest BCUT2D eigenvalue weighted by molar-refractivity contribution is 5.88. The molecule has 0 N–H and O–H groups in total. The van der Waals surface area contributed by atoms with Crippen molar-refractivity contribution < 1.29 is 9.47 Å². The molecule has 2 aromatic rings. The lowest BCUT2D eigenvalue weighted by Crippen LogP contribution is -1.97. The van der Waals surface area contributed by atoms with Crippen molar-refractivity contribution >= 4 is 10.8 Å². The highest BCUT2D eigenvalue weighted by Gasteiger charge is 2.09. The summed E-state index contributed by atoms with van der Waals surface area (Å²) in [6.07, 6.45) is 0. The van der Waals surface area contributed by atoms with Gasteiger partial charge in [0.25, 0.3) is 0 Å². The maximum atomic E-state index is 5.57. The number of aromatic nitrogens is 1. The lowest BCUT2D eigenvalue weighted by Gasteiger charge is -2.12. The molecule has 0 aliphatic rings. The second-order valence-electron chi connectivity index (χ2n) is 4.01. The summed E-state index contributed by atoms with van der Waals surface area (Å²) < 4.78 is 10.9. The number of rotatable bonds is 3. The van der Waals surface area contributed by atoms with E-state index in [1.165, 1.54) is 0 Å². The zero-order valence-corrected chi connectivity index (χ0v) is 10.7. The molecule has 17 heavy (non-hydrogen) atoms. The molecule has 2 rings (SSSR count). The first kappa shape index (κ1) is 11.7. The summed E-state index contributed by atoms with van der Waals surface area (Å²) in [6, 6.07) is 6.06. The van der Waals surface area contributed by atoms with Crippen molar-refractivity contribution in [1.82, 2.24) is 4.98 Å². The van der Waals surface area contributed by atoms with Gasteiger partial charge in [-0.25, -0.2) is 0 Å². The smallest absolute Gasteiger partial charge is 0.161 e. The molecule has 90 valence electrons. The molecule has 1 aromatic heterocycles. The largest absolute Gasteiger partial charge is 0.493 e. The molecule has 3 heteroatoms. The Kier molecular flexibility index (Phi) is 3.18. The summed E-state index contributed by atoms with van der Waals surface area (Å²) in [5, 5.41) is 2.25. The van der Waals surface area contributed by atoms with Gasteiger partial charge < -0.3 is 9.47 Å². The molecule has 1 aromatic carbocycles. The minimum atomic E-state index is 0.625. The minimum Gasteiger partial charge on any atom is -0.493 e. The molecule has 3 nitrogen and oxygen atoms in total. The number of methoxy groups -OCH3 is 1. The number of fused-ring (bicyclic) bond motifs is 1. The van der Waals surface area contributed by atoms with E-state index in [9.17, 15) is 0 Å². The highest BCUT2D eigenvalue weighted by Crippen LogP contribution is 2.33. The van der Waals surface area contributed by atoms with Crippen molar-refractivity contribution in [2.75, 3.05) is 13.7 Å². The Hall–Kier alpha value is -1.77. The second kappa shape index (κ2) is 4.62. The van der Waals surface area contributed by atoms with Crippen molar-refractivity contribution in [1.29, 1.82) is 0 Å². The lowest BCUT2D eigenvalue weighted by atomic mass is 10.1. The number of aryl methyl sites for hydroxylation is 2. The zero-order chi connectivity index (χ0) is 12.4. The van der Waals surface area contributed by atoms with Gasteiger partial charge in [-0.05, 0) is 44.4 Å². The summed E-state index contributed by atoms with van der Waals surface area (Å²) in [6.45, 7) is 6.59. The Morgan fingerprint density at radius 3 is 2.53 bits per heavy atom. The fraction of sp³-hybridized carbons (Fsp3) is 0.357. The Bertz CT molecular complexity index is 549. The fourth-order valence-electron chi connectivity index (χ4n) is 2.02. The molecule has 0 radical (unpaired) electrons. The van der Waals surface area contributed by atoms with E-state index in [0.717, 1.165) is 33.7 Å². The predicted octanol–water partition coefficient (Wildman–Crippen LogP) is 3.26. The molecular weight excluding hydrogens is 214 g/mol. The van der Waals surface area contributed by atoms with E-state index >= 15 is 0 Å². The van der Waals surface area contributed by atoms with Crippen LogP contribution in [-0.2, 0) is 0 Å². The van der Waals surface area contributed by atoms with Crippen molar-refractivity contribution in [3.8, 4) is 11.5 Å². The first-order valence-corrected chi connectivity index (χ1v) is 5.74. The van der Waals surface area contributed by atoms with Crippen molar-refractivity contribution in [2.24, 2.45) is 0 Å². The lowest BCUT2D eigenvalue weighted by molar-refractivity contribution is 0.311. The molecule has 0 saturated carbocycles. The van der Waals surface area contributed by atoms with E-state index < -0.39 is 0 Å². The first-order valence-electron chi connectivity index (χ1n) is 5.74. The van der Waals surface area contributed by atoms with E-state index in [2.05, 4.69) is 11.1 Å². The number of hydrogen-bond donors (Lipinski definition) is 0. The average Bonchev–Trinajstić information content (AvgIpc) is 2.29. The van der Waals surface area contributed by atoms with E-state index in [-0.39, 0.29) is 0 Å². The van der Waals surface area contributed by atoms with E-state index in [0.29, 0.717) is 6.61 Å². The van der Waals surface area contributed by atoms with Crippen LogP contribution in [0.2, 0.25) is 0 Å². The van der Waals surface area contributed by atoms with E-state index in [4.69, 9.17) is 9.47 Å². The van der Waals surface area contributed by atoms with Gasteiger partial charge >= 0.3 is 0 Å².